The lowest BCUT2D eigenvalue weighted by molar-refractivity contribution is 0.402. The summed E-state index contributed by atoms with van der Waals surface area (Å²) in [6, 6.07) is 4.60. The molecule has 0 aliphatic carbocycles. The van der Waals surface area contributed by atoms with Crippen LogP contribution in [-0.4, -0.2) is 20.6 Å². The summed E-state index contributed by atoms with van der Waals surface area (Å²) >= 11 is 0. The van der Waals surface area contributed by atoms with E-state index in [-0.39, 0.29) is 0 Å². The maximum absolute atomic E-state index is 4.51. The maximum Gasteiger partial charge on any atom is 0.137 e. The largest absolute Gasteiger partial charge is 0.310 e. The summed E-state index contributed by atoms with van der Waals surface area (Å²) in [6.07, 6.45) is 8.65. The highest BCUT2D eigenvalue weighted by molar-refractivity contribution is 5.27. The van der Waals surface area contributed by atoms with Gasteiger partial charge in [0.25, 0.3) is 0 Å². The van der Waals surface area contributed by atoms with E-state index < -0.39 is 0 Å². The number of aromatic nitrogens is 3. The van der Waals surface area contributed by atoms with Gasteiger partial charge in [0, 0.05) is 31.2 Å². The number of allylic oxidation sites excluding steroid dienone is 1. The Labute approximate surface area is 126 Å². The van der Waals surface area contributed by atoms with Crippen LogP contribution in [0.5, 0.6) is 0 Å². The fraction of sp³-hybridized carbons (Fsp3) is 0.412. The second kappa shape index (κ2) is 7.18. The lowest BCUT2D eigenvalue weighted by atomic mass is 10.00. The zero-order valence-electron chi connectivity index (χ0n) is 13.1. The molecule has 4 heteroatoms. The second-order valence-electron chi connectivity index (χ2n) is 5.54. The van der Waals surface area contributed by atoms with Crippen LogP contribution >= 0.6 is 0 Å². The molecule has 0 aliphatic heterocycles. The molecular weight excluding hydrogens is 260 g/mol. The van der Waals surface area contributed by atoms with Gasteiger partial charge in [0.15, 0.2) is 0 Å². The first-order valence-electron chi connectivity index (χ1n) is 7.41. The van der Waals surface area contributed by atoms with Gasteiger partial charge in [-0.2, -0.15) is 0 Å². The molecule has 1 N–H and O–H groups in total. The van der Waals surface area contributed by atoms with Crippen LogP contribution in [0.25, 0.3) is 5.82 Å². The first-order chi connectivity index (χ1) is 10.1. The van der Waals surface area contributed by atoms with E-state index in [4.69, 9.17) is 0 Å². The lowest BCUT2D eigenvalue weighted by Crippen LogP contribution is -2.31. The van der Waals surface area contributed by atoms with Gasteiger partial charge in [-0.05, 0) is 37.8 Å². The SMILES string of the molecule is C=CC[C@@H](C)[C@@H](C)NCc1ccc(-n2ccnc2C)nc1. The number of aryl methyl sites for hydroxylation is 1. The highest BCUT2D eigenvalue weighted by atomic mass is 15.1. The van der Waals surface area contributed by atoms with Crippen molar-refractivity contribution in [1.82, 2.24) is 19.9 Å². The second-order valence-corrected chi connectivity index (χ2v) is 5.54. The molecule has 0 unspecified atom stereocenters. The van der Waals surface area contributed by atoms with Crippen molar-refractivity contribution in [2.24, 2.45) is 5.92 Å². The number of imidazole rings is 1. The zero-order chi connectivity index (χ0) is 15.2. The van der Waals surface area contributed by atoms with Crippen LogP contribution in [0.2, 0.25) is 0 Å². The topological polar surface area (TPSA) is 42.7 Å². The number of nitrogens with zero attached hydrogens (tertiary/aromatic N) is 3. The maximum atomic E-state index is 4.51. The highest BCUT2D eigenvalue weighted by Gasteiger charge is 2.10. The minimum absolute atomic E-state index is 0.457. The molecule has 0 amide bonds. The Bertz CT molecular complexity index is 571. The number of hydrogen-bond acceptors (Lipinski definition) is 3. The van der Waals surface area contributed by atoms with Gasteiger partial charge in [0.2, 0.25) is 0 Å². The Hall–Kier alpha value is -1.94. The van der Waals surface area contributed by atoms with Gasteiger partial charge in [0.1, 0.15) is 11.6 Å². The van der Waals surface area contributed by atoms with Crippen molar-refractivity contribution in [3.8, 4) is 5.82 Å². The molecule has 2 aromatic heterocycles. The number of nitrogens with one attached hydrogen (secondary N) is 1. The van der Waals surface area contributed by atoms with Crippen molar-refractivity contribution in [3.05, 3.63) is 54.8 Å². The minimum Gasteiger partial charge on any atom is -0.310 e. The molecule has 2 aromatic rings. The third kappa shape index (κ3) is 4.02. The molecule has 112 valence electrons. The molecule has 0 saturated heterocycles. The summed E-state index contributed by atoms with van der Waals surface area (Å²) in [5.74, 6) is 2.44. The first-order valence-corrected chi connectivity index (χ1v) is 7.41. The van der Waals surface area contributed by atoms with Crippen LogP contribution in [0.4, 0.5) is 0 Å². The van der Waals surface area contributed by atoms with E-state index in [1.54, 1.807) is 6.20 Å². The Balaban J connectivity index is 1.94. The molecule has 0 saturated carbocycles. The molecule has 0 aliphatic rings. The molecule has 2 rings (SSSR count). The van der Waals surface area contributed by atoms with E-state index in [0.717, 1.165) is 24.6 Å². The molecule has 0 aromatic carbocycles. The molecule has 2 atom stereocenters. The zero-order valence-corrected chi connectivity index (χ0v) is 13.1. The summed E-state index contributed by atoms with van der Waals surface area (Å²) < 4.78 is 1.98. The Kier molecular flexibility index (Phi) is 5.28. The van der Waals surface area contributed by atoms with Crippen LogP contribution in [0.1, 0.15) is 31.7 Å². The highest BCUT2D eigenvalue weighted by Crippen LogP contribution is 2.11. The van der Waals surface area contributed by atoms with Crippen molar-refractivity contribution in [3.63, 3.8) is 0 Å². The van der Waals surface area contributed by atoms with Gasteiger partial charge in [-0.25, -0.2) is 9.97 Å². The summed E-state index contributed by atoms with van der Waals surface area (Å²) in [6.45, 7) is 11.1. The third-order valence-corrected chi connectivity index (χ3v) is 3.90. The molecule has 21 heavy (non-hydrogen) atoms. The van der Waals surface area contributed by atoms with E-state index in [0.29, 0.717) is 12.0 Å². The van der Waals surface area contributed by atoms with Crippen molar-refractivity contribution in [2.45, 2.75) is 39.8 Å². The normalized spacial score (nSPS) is 13.9. The minimum atomic E-state index is 0.457. The predicted octanol–water partition coefficient (Wildman–Crippen LogP) is 3.27. The Morgan fingerprint density at radius 3 is 2.71 bits per heavy atom. The standard InChI is InChI=1S/C17H24N4/c1-5-6-13(2)14(3)19-11-16-7-8-17(20-12-16)21-10-9-18-15(21)4/h5,7-10,12-14,19H,1,6,11H2,2-4H3/t13-,14-/m1/s1. The quantitative estimate of drug-likeness (QED) is 0.794. The fourth-order valence-corrected chi connectivity index (χ4v) is 2.23. The molecule has 2 heterocycles. The Morgan fingerprint density at radius 1 is 1.33 bits per heavy atom. The predicted molar refractivity (Wildman–Crippen MR) is 86.4 cm³/mol. The van der Waals surface area contributed by atoms with Crippen LogP contribution in [-0.2, 0) is 6.54 Å². The monoisotopic (exact) mass is 284 g/mol. The van der Waals surface area contributed by atoms with Crippen molar-refractivity contribution in [1.29, 1.82) is 0 Å². The van der Waals surface area contributed by atoms with Gasteiger partial charge >= 0.3 is 0 Å². The average molecular weight is 284 g/mol. The van der Waals surface area contributed by atoms with Gasteiger partial charge in [0.05, 0.1) is 0 Å². The summed E-state index contributed by atoms with van der Waals surface area (Å²) in [5.41, 5.74) is 1.19. The third-order valence-electron chi connectivity index (χ3n) is 3.90. The smallest absolute Gasteiger partial charge is 0.137 e. The van der Waals surface area contributed by atoms with Gasteiger partial charge in [-0.15, -0.1) is 6.58 Å². The van der Waals surface area contributed by atoms with Crippen LogP contribution in [0.15, 0.2) is 43.4 Å². The van der Waals surface area contributed by atoms with Crippen LogP contribution in [0, 0.1) is 12.8 Å². The van der Waals surface area contributed by atoms with Crippen molar-refractivity contribution >= 4 is 0 Å². The Morgan fingerprint density at radius 2 is 2.14 bits per heavy atom. The average Bonchev–Trinajstić information content (AvgIpc) is 2.91. The molecule has 0 bridgehead atoms. The van der Waals surface area contributed by atoms with Gasteiger partial charge in [-0.3, -0.25) is 4.57 Å². The first kappa shape index (κ1) is 15.4. The molecular formula is C17H24N4. The number of rotatable bonds is 7. The van der Waals surface area contributed by atoms with Gasteiger partial charge < -0.3 is 5.32 Å². The number of pyridine rings is 1. The van der Waals surface area contributed by atoms with Crippen LogP contribution in [0.3, 0.4) is 0 Å². The van der Waals surface area contributed by atoms with E-state index >= 15 is 0 Å². The van der Waals surface area contributed by atoms with E-state index in [9.17, 15) is 0 Å². The summed E-state index contributed by atoms with van der Waals surface area (Å²) in [7, 11) is 0. The van der Waals surface area contributed by atoms with Crippen molar-refractivity contribution < 1.29 is 0 Å². The summed E-state index contributed by atoms with van der Waals surface area (Å²) in [4.78, 5) is 8.72. The number of hydrogen-bond donors (Lipinski definition) is 1. The molecule has 0 spiro atoms. The lowest BCUT2D eigenvalue weighted by Gasteiger charge is -2.20. The fourth-order valence-electron chi connectivity index (χ4n) is 2.23. The molecule has 0 fully saturated rings. The van der Waals surface area contributed by atoms with E-state index in [1.807, 2.05) is 36.0 Å². The van der Waals surface area contributed by atoms with Crippen LogP contribution < -0.4 is 5.32 Å². The van der Waals surface area contributed by atoms with Crippen molar-refractivity contribution in [2.75, 3.05) is 0 Å². The van der Waals surface area contributed by atoms with E-state index in [1.165, 1.54) is 5.56 Å². The molecule has 0 radical (unpaired) electrons. The van der Waals surface area contributed by atoms with E-state index in [2.05, 4.69) is 41.8 Å². The molecule has 4 nitrogen and oxygen atoms in total. The van der Waals surface area contributed by atoms with Gasteiger partial charge in [-0.1, -0.05) is 19.1 Å². The summed E-state index contributed by atoms with van der Waals surface area (Å²) in [5, 5.41) is 3.54.